The summed E-state index contributed by atoms with van der Waals surface area (Å²) in [5.74, 6) is 4.88. The predicted octanol–water partition coefficient (Wildman–Crippen LogP) is 4.06. The van der Waals surface area contributed by atoms with Crippen molar-refractivity contribution in [3.05, 3.63) is 89.5 Å². The van der Waals surface area contributed by atoms with Crippen LogP contribution in [0.2, 0.25) is 0 Å². The van der Waals surface area contributed by atoms with Crippen LogP contribution in [-0.2, 0) is 17.1 Å². The van der Waals surface area contributed by atoms with E-state index in [9.17, 15) is 9.90 Å². The molecule has 0 spiro atoms. The SMILES string of the molecule is Cc1ccc(O)c(C(=O)C#Cc2ccc[cH-]2)c1.[Fe+2].c1cc[cH-]c1. The predicted molar refractivity (Wildman–Crippen MR) is 88.1 cm³/mol. The number of phenols is 1. The van der Waals surface area contributed by atoms with Gasteiger partial charge in [-0.15, -0.1) is 11.6 Å². The van der Waals surface area contributed by atoms with Crippen molar-refractivity contribution in [2.75, 3.05) is 0 Å². The molecule has 116 valence electrons. The van der Waals surface area contributed by atoms with Gasteiger partial charge in [-0.2, -0.15) is 42.3 Å². The van der Waals surface area contributed by atoms with E-state index in [4.69, 9.17) is 0 Å². The summed E-state index contributed by atoms with van der Waals surface area (Å²) in [7, 11) is 0. The summed E-state index contributed by atoms with van der Waals surface area (Å²) in [6.07, 6.45) is 0. The number of hydrogen-bond donors (Lipinski definition) is 1. The minimum absolute atomic E-state index is 0. The van der Waals surface area contributed by atoms with Crippen molar-refractivity contribution in [1.29, 1.82) is 0 Å². The van der Waals surface area contributed by atoms with E-state index in [0.29, 0.717) is 0 Å². The van der Waals surface area contributed by atoms with Crippen LogP contribution in [0.25, 0.3) is 0 Å². The summed E-state index contributed by atoms with van der Waals surface area (Å²) in [5, 5.41) is 9.57. The van der Waals surface area contributed by atoms with E-state index in [2.05, 4.69) is 11.8 Å². The summed E-state index contributed by atoms with van der Waals surface area (Å²) in [6.45, 7) is 1.86. The molecule has 0 aliphatic carbocycles. The molecular formula is C20H16FeO2. The second-order valence-corrected chi connectivity index (χ2v) is 4.74. The molecule has 0 bridgehead atoms. The third-order valence-electron chi connectivity index (χ3n) is 2.94. The fourth-order valence-corrected chi connectivity index (χ4v) is 1.81. The standard InChI is InChI=1S/C15H11O2.C5H5.Fe/c1-11-6-8-14(16)13(10-11)15(17)9-7-12-4-2-3-5-12;1-2-4-5-3-1;/h2-6,8,10,16H,1H3;1-5H;/q2*-1;+2. The Hall–Kier alpha value is -2.53. The normalized spacial score (nSPS) is 8.74. The Bertz CT molecular complexity index is 756. The van der Waals surface area contributed by atoms with Crippen LogP contribution in [0.5, 0.6) is 5.75 Å². The van der Waals surface area contributed by atoms with Crippen molar-refractivity contribution in [2.45, 2.75) is 6.92 Å². The number of aryl methyl sites for hydroxylation is 1. The molecule has 0 atom stereocenters. The van der Waals surface area contributed by atoms with Crippen LogP contribution in [0.4, 0.5) is 0 Å². The molecule has 3 aromatic carbocycles. The largest absolute Gasteiger partial charge is 2.00 e. The number of rotatable bonds is 1. The average Bonchev–Trinajstić information content (AvgIpc) is 3.23. The van der Waals surface area contributed by atoms with E-state index in [1.165, 1.54) is 6.07 Å². The van der Waals surface area contributed by atoms with Crippen LogP contribution in [0.3, 0.4) is 0 Å². The van der Waals surface area contributed by atoms with Gasteiger partial charge in [0.05, 0.1) is 5.56 Å². The molecule has 0 saturated carbocycles. The number of benzene rings is 1. The first-order valence-corrected chi connectivity index (χ1v) is 6.91. The van der Waals surface area contributed by atoms with Crippen molar-refractivity contribution >= 4 is 5.78 Å². The molecule has 0 saturated heterocycles. The number of carbonyl (C=O) groups is 1. The molecular weight excluding hydrogens is 328 g/mol. The number of ketones is 1. The molecule has 0 unspecified atom stereocenters. The van der Waals surface area contributed by atoms with Crippen LogP contribution in [0.15, 0.2) is 72.8 Å². The van der Waals surface area contributed by atoms with E-state index < -0.39 is 0 Å². The quantitative estimate of drug-likeness (QED) is 0.313. The van der Waals surface area contributed by atoms with Gasteiger partial charge < -0.3 is 5.11 Å². The minimum Gasteiger partial charge on any atom is -0.507 e. The van der Waals surface area contributed by atoms with Crippen molar-refractivity contribution in [3.63, 3.8) is 0 Å². The minimum atomic E-state index is -0.368. The first-order chi connectivity index (χ1) is 10.7. The van der Waals surface area contributed by atoms with Crippen molar-refractivity contribution < 1.29 is 27.0 Å². The smallest absolute Gasteiger partial charge is 0.507 e. The zero-order valence-corrected chi connectivity index (χ0v) is 13.7. The van der Waals surface area contributed by atoms with Gasteiger partial charge in [0.1, 0.15) is 5.75 Å². The van der Waals surface area contributed by atoms with E-state index in [1.807, 2.05) is 61.5 Å². The van der Waals surface area contributed by atoms with Gasteiger partial charge in [0.15, 0.2) is 0 Å². The Balaban J connectivity index is 0.000000377. The molecule has 0 aliphatic rings. The van der Waals surface area contributed by atoms with Gasteiger partial charge in [0, 0.05) is 0 Å². The molecule has 2 nitrogen and oxygen atoms in total. The summed E-state index contributed by atoms with van der Waals surface area (Å²) >= 11 is 0. The van der Waals surface area contributed by atoms with Gasteiger partial charge in [-0.05, 0) is 19.1 Å². The zero-order chi connectivity index (χ0) is 15.8. The molecule has 0 radical (unpaired) electrons. The Labute approximate surface area is 147 Å². The molecule has 3 rings (SSSR count). The summed E-state index contributed by atoms with van der Waals surface area (Å²) in [6, 6.07) is 22.3. The maximum Gasteiger partial charge on any atom is 2.00 e. The van der Waals surface area contributed by atoms with Crippen LogP contribution in [-0.4, -0.2) is 10.9 Å². The maximum absolute atomic E-state index is 11.8. The molecule has 23 heavy (non-hydrogen) atoms. The van der Waals surface area contributed by atoms with Gasteiger partial charge in [0.25, 0.3) is 0 Å². The molecule has 0 heterocycles. The average molecular weight is 344 g/mol. The van der Waals surface area contributed by atoms with Gasteiger partial charge >= 0.3 is 17.1 Å². The van der Waals surface area contributed by atoms with E-state index in [1.54, 1.807) is 12.1 Å². The molecule has 3 heteroatoms. The molecule has 3 aromatic rings. The van der Waals surface area contributed by atoms with E-state index in [0.717, 1.165) is 11.1 Å². The van der Waals surface area contributed by atoms with Crippen LogP contribution in [0, 0.1) is 18.8 Å². The molecule has 0 amide bonds. The molecule has 1 N–H and O–H groups in total. The monoisotopic (exact) mass is 344 g/mol. The summed E-state index contributed by atoms with van der Waals surface area (Å²) < 4.78 is 0. The number of phenolic OH excluding ortho intramolecular Hbond substituents is 1. The summed E-state index contributed by atoms with van der Waals surface area (Å²) in [4.78, 5) is 11.8. The first kappa shape index (κ1) is 18.5. The second-order valence-electron chi connectivity index (χ2n) is 4.74. The fraction of sp³-hybridized carbons (Fsp3) is 0.0500. The summed E-state index contributed by atoms with van der Waals surface area (Å²) in [5.41, 5.74) is 1.97. The molecule has 0 aromatic heterocycles. The number of Topliss-reactive ketones (excluding diaryl/α,β-unsaturated/α-hetero) is 1. The molecule has 0 aliphatic heterocycles. The molecule has 0 fully saturated rings. The van der Waals surface area contributed by atoms with Crippen molar-refractivity contribution in [3.8, 4) is 17.6 Å². The Morgan fingerprint density at radius 1 is 1.09 bits per heavy atom. The first-order valence-electron chi connectivity index (χ1n) is 6.91. The number of carbonyl (C=O) groups excluding carboxylic acids is 1. The third kappa shape index (κ3) is 6.00. The Morgan fingerprint density at radius 3 is 2.39 bits per heavy atom. The van der Waals surface area contributed by atoms with Gasteiger partial charge in [-0.3, -0.25) is 4.79 Å². The van der Waals surface area contributed by atoms with Crippen molar-refractivity contribution in [1.82, 2.24) is 0 Å². The van der Waals surface area contributed by atoms with Gasteiger partial charge in [-0.25, -0.2) is 12.1 Å². The fourth-order valence-electron chi connectivity index (χ4n) is 1.81. The van der Waals surface area contributed by atoms with Crippen molar-refractivity contribution in [2.24, 2.45) is 0 Å². The number of hydrogen-bond acceptors (Lipinski definition) is 2. The maximum atomic E-state index is 11.8. The van der Waals surface area contributed by atoms with E-state index in [-0.39, 0.29) is 34.2 Å². The Morgan fingerprint density at radius 2 is 1.83 bits per heavy atom. The Kier molecular flexibility index (Phi) is 7.63. The topological polar surface area (TPSA) is 37.3 Å². The van der Waals surface area contributed by atoms with Gasteiger partial charge in [0.2, 0.25) is 5.78 Å². The second kappa shape index (κ2) is 9.48. The van der Waals surface area contributed by atoms with Crippen LogP contribution >= 0.6 is 0 Å². The zero-order valence-electron chi connectivity index (χ0n) is 12.6. The van der Waals surface area contributed by atoms with Crippen LogP contribution < -0.4 is 0 Å². The van der Waals surface area contributed by atoms with Gasteiger partial charge in [-0.1, -0.05) is 17.6 Å². The van der Waals surface area contributed by atoms with Crippen LogP contribution in [0.1, 0.15) is 21.5 Å². The third-order valence-corrected chi connectivity index (χ3v) is 2.94. The number of aromatic hydroxyl groups is 1. The van der Waals surface area contributed by atoms with E-state index >= 15 is 0 Å².